The van der Waals surface area contributed by atoms with Crippen LogP contribution in [0, 0.1) is 0 Å². The molecule has 5 aromatic rings. The monoisotopic (exact) mass is 449 g/mol. The molecule has 0 aliphatic carbocycles. The first-order valence-electron chi connectivity index (χ1n) is 10.9. The zero-order chi connectivity index (χ0) is 23.5. The zero-order valence-corrected chi connectivity index (χ0v) is 18.9. The van der Waals surface area contributed by atoms with Crippen LogP contribution in [-0.4, -0.2) is 47.4 Å². The molecule has 5 rings (SSSR count). The number of nitrogens with zero attached hydrogens (tertiary/aromatic N) is 7. The normalized spacial score (nSPS) is 11.8. The number of rotatable bonds is 6. The quantitative estimate of drug-likeness (QED) is 0.385. The molecule has 0 radical (unpaired) electrons. The average Bonchev–Trinajstić information content (AvgIpc) is 3.60. The molecule has 1 amide bonds. The van der Waals surface area contributed by atoms with Gasteiger partial charge in [0.2, 0.25) is 5.82 Å². The van der Waals surface area contributed by atoms with Gasteiger partial charge in [-0.05, 0) is 36.8 Å². The predicted octanol–water partition coefficient (Wildman–Crippen LogP) is 4.35. The van der Waals surface area contributed by atoms with Gasteiger partial charge in [0, 0.05) is 12.6 Å². The summed E-state index contributed by atoms with van der Waals surface area (Å²) in [6, 6.07) is 27.1. The summed E-state index contributed by atoms with van der Waals surface area (Å²) < 4.78 is 3.41. The van der Waals surface area contributed by atoms with Crippen LogP contribution in [0.5, 0.6) is 0 Å². The van der Waals surface area contributed by atoms with Crippen molar-refractivity contribution < 1.29 is 4.79 Å². The van der Waals surface area contributed by atoms with Crippen LogP contribution in [0.2, 0.25) is 0 Å². The maximum absolute atomic E-state index is 13.4. The molecule has 0 bridgehead atoms. The van der Waals surface area contributed by atoms with Gasteiger partial charge in [0.1, 0.15) is 12.7 Å². The summed E-state index contributed by atoms with van der Waals surface area (Å²) in [6.07, 6.45) is 3.14. The highest BCUT2D eigenvalue weighted by Crippen LogP contribution is 2.24. The molecule has 0 unspecified atom stereocenters. The van der Waals surface area contributed by atoms with Gasteiger partial charge in [0.05, 0.1) is 17.4 Å². The Hall–Kier alpha value is -4.59. The third-order valence-corrected chi connectivity index (χ3v) is 5.79. The van der Waals surface area contributed by atoms with Crippen LogP contribution in [0.4, 0.5) is 0 Å². The van der Waals surface area contributed by atoms with Crippen LogP contribution in [0.1, 0.15) is 29.1 Å². The van der Waals surface area contributed by atoms with E-state index in [2.05, 4.69) is 20.2 Å². The topological polar surface area (TPSA) is 81.7 Å². The Kier molecular flexibility index (Phi) is 5.70. The van der Waals surface area contributed by atoms with Crippen LogP contribution >= 0.6 is 0 Å². The Morgan fingerprint density at radius 3 is 2.21 bits per heavy atom. The average molecular weight is 450 g/mol. The van der Waals surface area contributed by atoms with Gasteiger partial charge in [-0.3, -0.25) is 4.79 Å². The van der Waals surface area contributed by atoms with E-state index in [4.69, 9.17) is 0 Å². The summed E-state index contributed by atoms with van der Waals surface area (Å²) >= 11 is 0. The fourth-order valence-corrected chi connectivity index (χ4v) is 3.73. The molecule has 2 heterocycles. The van der Waals surface area contributed by atoms with E-state index >= 15 is 0 Å². The van der Waals surface area contributed by atoms with Gasteiger partial charge in [0.25, 0.3) is 5.91 Å². The van der Waals surface area contributed by atoms with Gasteiger partial charge < -0.3 is 4.90 Å². The standard InChI is InChI=1S/C26H23N7O/c1-19(20-13-15-22(16-14-20)32-18-27-17-28-32)31(2)26(34)24-29-25(21-9-5-3-6-10-21)33(30-24)23-11-7-4-8-12-23/h3-19H,1-2H3/t19-/m1/s1. The van der Waals surface area contributed by atoms with Crippen molar-refractivity contribution in [2.24, 2.45) is 0 Å². The molecule has 2 aromatic heterocycles. The molecule has 1 atom stereocenters. The molecule has 0 saturated heterocycles. The number of hydrogen-bond donors (Lipinski definition) is 0. The minimum atomic E-state index is -0.250. The van der Waals surface area contributed by atoms with E-state index in [9.17, 15) is 4.79 Å². The van der Waals surface area contributed by atoms with Gasteiger partial charge in [-0.15, -0.1) is 5.10 Å². The highest BCUT2D eigenvalue weighted by Gasteiger charge is 2.25. The smallest absolute Gasteiger partial charge is 0.293 e. The van der Waals surface area contributed by atoms with Crippen molar-refractivity contribution in [3.63, 3.8) is 0 Å². The third-order valence-electron chi connectivity index (χ3n) is 5.79. The lowest BCUT2D eigenvalue weighted by Gasteiger charge is -2.24. The number of carbonyl (C=O) groups excluding carboxylic acids is 1. The van der Waals surface area contributed by atoms with Crippen LogP contribution < -0.4 is 0 Å². The lowest BCUT2D eigenvalue weighted by molar-refractivity contribution is 0.0730. The molecule has 8 nitrogen and oxygen atoms in total. The summed E-state index contributed by atoms with van der Waals surface area (Å²) in [7, 11) is 1.77. The van der Waals surface area contributed by atoms with Crippen molar-refractivity contribution in [2.45, 2.75) is 13.0 Å². The number of aromatic nitrogens is 6. The number of para-hydroxylation sites is 1. The molecular formula is C26H23N7O. The molecule has 34 heavy (non-hydrogen) atoms. The highest BCUT2D eigenvalue weighted by molar-refractivity contribution is 5.91. The van der Waals surface area contributed by atoms with Crippen molar-refractivity contribution >= 4 is 5.91 Å². The van der Waals surface area contributed by atoms with Crippen LogP contribution in [0.3, 0.4) is 0 Å². The van der Waals surface area contributed by atoms with E-state index in [-0.39, 0.29) is 17.8 Å². The highest BCUT2D eigenvalue weighted by atomic mass is 16.2. The van der Waals surface area contributed by atoms with Gasteiger partial charge >= 0.3 is 0 Å². The molecule has 3 aromatic carbocycles. The zero-order valence-electron chi connectivity index (χ0n) is 18.9. The Morgan fingerprint density at radius 1 is 0.882 bits per heavy atom. The molecule has 0 fully saturated rings. The minimum absolute atomic E-state index is 0.149. The molecule has 0 aliphatic rings. The van der Waals surface area contributed by atoms with Crippen molar-refractivity contribution in [1.29, 1.82) is 0 Å². The van der Waals surface area contributed by atoms with Gasteiger partial charge in [-0.25, -0.2) is 19.3 Å². The largest absolute Gasteiger partial charge is 0.332 e. The maximum atomic E-state index is 13.4. The van der Waals surface area contributed by atoms with Crippen molar-refractivity contribution in [2.75, 3.05) is 7.05 Å². The first-order chi connectivity index (χ1) is 16.6. The molecule has 168 valence electrons. The first kappa shape index (κ1) is 21.3. The number of amides is 1. The summed E-state index contributed by atoms with van der Waals surface area (Å²) in [5, 5.41) is 8.74. The molecule has 0 saturated carbocycles. The Morgan fingerprint density at radius 2 is 1.56 bits per heavy atom. The van der Waals surface area contributed by atoms with E-state index in [0.29, 0.717) is 5.82 Å². The lowest BCUT2D eigenvalue weighted by Crippen LogP contribution is -2.30. The molecular weight excluding hydrogens is 426 g/mol. The van der Waals surface area contributed by atoms with Crippen molar-refractivity contribution in [3.05, 3.63) is 109 Å². The first-order valence-corrected chi connectivity index (χ1v) is 10.9. The Balaban J connectivity index is 1.44. The van der Waals surface area contributed by atoms with Gasteiger partial charge in [0.15, 0.2) is 5.82 Å². The summed E-state index contributed by atoms with van der Waals surface area (Å²) in [6.45, 7) is 1.98. The lowest BCUT2D eigenvalue weighted by atomic mass is 10.1. The van der Waals surface area contributed by atoms with Crippen molar-refractivity contribution in [1.82, 2.24) is 34.4 Å². The van der Waals surface area contributed by atoms with E-state index < -0.39 is 0 Å². The number of carbonyl (C=O) groups is 1. The van der Waals surface area contributed by atoms with Crippen LogP contribution in [-0.2, 0) is 0 Å². The van der Waals surface area contributed by atoms with Crippen LogP contribution in [0.25, 0.3) is 22.8 Å². The fraction of sp³-hybridized carbons (Fsp3) is 0.115. The van der Waals surface area contributed by atoms with Crippen molar-refractivity contribution in [3.8, 4) is 22.8 Å². The second-order valence-corrected chi connectivity index (χ2v) is 7.90. The van der Waals surface area contributed by atoms with Gasteiger partial charge in [-0.1, -0.05) is 60.7 Å². The van der Waals surface area contributed by atoms with E-state index in [1.807, 2.05) is 91.9 Å². The predicted molar refractivity (Wildman–Crippen MR) is 129 cm³/mol. The Bertz CT molecular complexity index is 1320. The molecule has 0 spiro atoms. The summed E-state index contributed by atoms with van der Waals surface area (Å²) in [5.41, 5.74) is 3.62. The number of hydrogen-bond acceptors (Lipinski definition) is 5. The van der Waals surface area contributed by atoms with Gasteiger partial charge in [-0.2, -0.15) is 5.10 Å². The molecule has 0 N–H and O–H groups in total. The molecule has 8 heteroatoms. The third kappa shape index (κ3) is 4.09. The molecule has 0 aliphatic heterocycles. The fourth-order valence-electron chi connectivity index (χ4n) is 3.73. The van der Waals surface area contributed by atoms with E-state index in [1.165, 1.54) is 6.33 Å². The second-order valence-electron chi connectivity index (χ2n) is 7.90. The SMILES string of the molecule is C[C@H](c1ccc(-n2cncn2)cc1)N(C)C(=O)c1nc(-c2ccccc2)n(-c2ccccc2)n1. The second kappa shape index (κ2) is 9.11. The summed E-state index contributed by atoms with van der Waals surface area (Å²) in [4.78, 5) is 23.7. The minimum Gasteiger partial charge on any atom is -0.332 e. The maximum Gasteiger partial charge on any atom is 0.293 e. The van der Waals surface area contributed by atoms with E-state index in [1.54, 1.807) is 27.6 Å². The van der Waals surface area contributed by atoms with E-state index in [0.717, 1.165) is 22.5 Å². The summed E-state index contributed by atoms with van der Waals surface area (Å²) in [5.74, 6) is 0.518. The number of benzene rings is 3. The van der Waals surface area contributed by atoms with Crippen LogP contribution in [0.15, 0.2) is 97.6 Å². The Labute approximate surface area is 197 Å².